The highest BCUT2D eigenvalue weighted by Crippen LogP contribution is 2.31. The first kappa shape index (κ1) is 21.7. The van der Waals surface area contributed by atoms with Crippen molar-refractivity contribution in [1.82, 2.24) is 10.3 Å². The fourth-order valence-corrected chi connectivity index (χ4v) is 5.08. The van der Waals surface area contributed by atoms with Gasteiger partial charge in [-0.15, -0.1) is 22.7 Å². The molecule has 0 unspecified atom stereocenters. The average Bonchev–Trinajstić information content (AvgIpc) is 3.47. The lowest BCUT2D eigenvalue weighted by atomic mass is 10.0. The van der Waals surface area contributed by atoms with Crippen LogP contribution in [0.5, 0.6) is 5.75 Å². The second-order valence-electron chi connectivity index (χ2n) is 7.01. The first-order chi connectivity index (χ1) is 15.5. The maximum Gasteiger partial charge on any atom is 0.335 e. The number of aromatic nitrogens is 1. The molecule has 32 heavy (non-hydrogen) atoms. The Morgan fingerprint density at radius 2 is 1.91 bits per heavy atom. The van der Waals surface area contributed by atoms with E-state index in [0.717, 1.165) is 26.6 Å². The fourth-order valence-electron chi connectivity index (χ4n) is 3.30. The Labute approximate surface area is 193 Å². The number of aromatic carboxylic acids is 1. The molecule has 0 bridgehead atoms. The minimum atomic E-state index is -0.977. The van der Waals surface area contributed by atoms with Crippen LogP contribution in [0, 0.1) is 6.92 Å². The molecule has 2 aromatic carbocycles. The summed E-state index contributed by atoms with van der Waals surface area (Å²) in [6.45, 7) is 2.10. The molecule has 4 rings (SSSR count). The maximum atomic E-state index is 12.9. The van der Waals surface area contributed by atoms with Crippen molar-refractivity contribution in [3.05, 3.63) is 81.7 Å². The van der Waals surface area contributed by atoms with Gasteiger partial charge in [-0.25, -0.2) is 9.78 Å². The second kappa shape index (κ2) is 9.33. The lowest BCUT2D eigenvalue weighted by Crippen LogP contribution is -2.22. The first-order valence-electron chi connectivity index (χ1n) is 9.76. The highest BCUT2D eigenvalue weighted by molar-refractivity contribution is 7.22. The molecular weight excluding hydrogens is 444 g/mol. The first-order valence-corrected chi connectivity index (χ1v) is 11.5. The second-order valence-corrected chi connectivity index (χ2v) is 8.95. The summed E-state index contributed by atoms with van der Waals surface area (Å²) in [7, 11) is 1.58. The summed E-state index contributed by atoms with van der Waals surface area (Å²) in [6, 6.07) is 16.3. The number of nitrogens with zero attached hydrogens (tertiary/aromatic N) is 1. The lowest BCUT2D eigenvalue weighted by Gasteiger charge is -2.12. The number of carbonyl (C=O) groups excluding carboxylic acids is 1. The number of hydrogen-bond acceptors (Lipinski definition) is 6. The van der Waals surface area contributed by atoms with Crippen molar-refractivity contribution in [2.45, 2.75) is 13.5 Å². The van der Waals surface area contributed by atoms with E-state index in [4.69, 9.17) is 4.74 Å². The third-order valence-corrected chi connectivity index (χ3v) is 7.09. The maximum absolute atomic E-state index is 12.9. The highest BCUT2D eigenvalue weighted by atomic mass is 32.1. The number of carbonyl (C=O) groups is 2. The molecule has 0 saturated heterocycles. The molecule has 0 spiro atoms. The average molecular weight is 465 g/mol. The number of amides is 1. The number of aryl methyl sites for hydroxylation is 1. The van der Waals surface area contributed by atoms with Crippen molar-refractivity contribution in [1.29, 1.82) is 0 Å². The van der Waals surface area contributed by atoms with Crippen molar-refractivity contribution in [2.24, 2.45) is 0 Å². The SMILES string of the molecule is COc1ccc(-c2cccc(C(=O)O)c2)cc1CNC(=O)c1sc(-c2cccs2)nc1C. The molecule has 4 aromatic rings. The van der Waals surface area contributed by atoms with Gasteiger partial charge in [0.15, 0.2) is 0 Å². The minimum absolute atomic E-state index is 0.192. The number of ether oxygens (including phenoxy) is 1. The Balaban J connectivity index is 1.55. The Morgan fingerprint density at radius 3 is 2.62 bits per heavy atom. The fraction of sp³-hybridized carbons (Fsp3) is 0.125. The summed E-state index contributed by atoms with van der Waals surface area (Å²) in [6.07, 6.45) is 0. The van der Waals surface area contributed by atoms with Gasteiger partial charge in [0.1, 0.15) is 15.6 Å². The molecule has 0 atom stereocenters. The van der Waals surface area contributed by atoms with Gasteiger partial charge < -0.3 is 15.2 Å². The number of rotatable bonds is 7. The molecule has 0 saturated carbocycles. The lowest BCUT2D eigenvalue weighted by molar-refractivity contribution is 0.0696. The number of hydrogen-bond donors (Lipinski definition) is 2. The Bertz CT molecular complexity index is 1280. The summed E-state index contributed by atoms with van der Waals surface area (Å²) in [5.74, 6) is -0.526. The van der Waals surface area contributed by atoms with Gasteiger partial charge in [-0.05, 0) is 53.8 Å². The topological polar surface area (TPSA) is 88.5 Å². The van der Waals surface area contributed by atoms with E-state index in [0.29, 0.717) is 16.3 Å². The van der Waals surface area contributed by atoms with Crippen molar-refractivity contribution in [3.8, 4) is 26.8 Å². The summed E-state index contributed by atoms with van der Waals surface area (Å²) < 4.78 is 5.46. The summed E-state index contributed by atoms with van der Waals surface area (Å²) in [4.78, 5) is 30.3. The molecule has 0 aliphatic heterocycles. The van der Waals surface area contributed by atoms with E-state index in [1.54, 1.807) is 36.6 Å². The van der Waals surface area contributed by atoms with Crippen LogP contribution in [0.3, 0.4) is 0 Å². The molecule has 2 aromatic heterocycles. The molecule has 162 valence electrons. The van der Waals surface area contributed by atoms with Gasteiger partial charge in [0, 0.05) is 12.1 Å². The van der Waals surface area contributed by atoms with Gasteiger partial charge in [-0.2, -0.15) is 0 Å². The van der Waals surface area contributed by atoms with Crippen LogP contribution >= 0.6 is 22.7 Å². The number of thiazole rings is 1. The van der Waals surface area contributed by atoms with Crippen LogP contribution in [0.4, 0.5) is 0 Å². The number of nitrogens with one attached hydrogen (secondary N) is 1. The zero-order valence-electron chi connectivity index (χ0n) is 17.4. The molecule has 0 fully saturated rings. The van der Waals surface area contributed by atoms with E-state index in [1.165, 1.54) is 11.3 Å². The molecule has 2 N–H and O–H groups in total. The molecule has 0 aliphatic rings. The van der Waals surface area contributed by atoms with Gasteiger partial charge in [0.25, 0.3) is 5.91 Å². The zero-order valence-corrected chi connectivity index (χ0v) is 19.0. The van der Waals surface area contributed by atoms with Gasteiger partial charge >= 0.3 is 5.97 Å². The van der Waals surface area contributed by atoms with Crippen LogP contribution in [0.15, 0.2) is 60.0 Å². The number of thiophene rings is 1. The minimum Gasteiger partial charge on any atom is -0.496 e. The predicted octanol–water partition coefficient (Wildman–Crippen LogP) is 5.48. The normalized spacial score (nSPS) is 10.7. The third kappa shape index (κ3) is 4.56. The predicted molar refractivity (Wildman–Crippen MR) is 127 cm³/mol. The molecule has 8 heteroatoms. The van der Waals surface area contributed by atoms with E-state index in [2.05, 4.69) is 10.3 Å². The van der Waals surface area contributed by atoms with Gasteiger partial charge in [0.05, 0.1) is 23.2 Å². The number of methoxy groups -OCH3 is 1. The number of carboxylic acids is 1. The van der Waals surface area contributed by atoms with Crippen LogP contribution < -0.4 is 10.1 Å². The van der Waals surface area contributed by atoms with E-state index in [-0.39, 0.29) is 18.0 Å². The number of carboxylic acid groups (broad SMARTS) is 1. The largest absolute Gasteiger partial charge is 0.496 e. The van der Waals surface area contributed by atoms with Crippen LogP contribution in [-0.4, -0.2) is 29.1 Å². The monoisotopic (exact) mass is 464 g/mol. The van der Waals surface area contributed by atoms with E-state index in [1.807, 2.05) is 48.7 Å². The van der Waals surface area contributed by atoms with E-state index >= 15 is 0 Å². The number of benzene rings is 2. The van der Waals surface area contributed by atoms with Crippen molar-refractivity contribution in [2.75, 3.05) is 7.11 Å². The van der Waals surface area contributed by atoms with Crippen molar-refractivity contribution < 1.29 is 19.4 Å². The van der Waals surface area contributed by atoms with Crippen molar-refractivity contribution >= 4 is 34.6 Å². The Kier molecular flexibility index (Phi) is 6.34. The van der Waals surface area contributed by atoms with Crippen LogP contribution in [0.2, 0.25) is 0 Å². The van der Waals surface area contributed by atoms with Crippen LogP contribution in [-0.2, 0) is 6.54 Å². The standard InChI is InChI=1S/C24H20N2O4S2/c1-14-21(32-23(26-14)20-7-4-10-31-20)22(27)25-13-18-12-16(8-9-19(18)30-2)15-5-3-6-17(11-15)24(28)29/h3-12H,13H2,1-2H3,(H,25,27)(H,28,29). The molecular formula is C24H20N2O4S2. The summed E-state index contributed by atoms with van der Waals surface area (Å²) >= 11 is 2.97. The highest BCUT2D eigenvalue weighted by Gasteiger charge is 2.17. The van der Waals surface area contributed by atoms with Crippen molar-refractivity contribution in [3.63, 3.8) is 0 Å². The smallest absolute Gasteiger partial charge is 0.335 e. The Morgan fingerprint density at radius 1 is 1.09 bits per heavy atom. The van der Waals surface area contributed by atoms with Gasteiger partial charge in [0.2, 0.25) is 0 Å². The quantitative estimate of drug-likeness (QED) is 0.378. The van der Waals surface area contributed by atoms with Gasteiger partial charge in [-0.1, -0.05) is 24.3 Å². The van der Waals surface area contributed by atoms with Crippen LogP contribution in [0.1, 0.15) is 31.3 Å². The molecule has 6 nitrogen and oxygen atoms in total. The summed E-state index contributed by atoms with van der Waals surface area (Å²) in [5, 5.41) is 15.0. The molecule has 1 amide bonds. The molecule has 0 radical (unpaired) electrons. The van der Waals surface area contributed by atoms with E-state index < -0.39 is 5.97 Å². The van der Waals surface area contributed by atoms with E-state index in [9.17, 15) is 14.7 Å². The van der Waals surface area contributed by atoms with Gasteiger partial charge in [-0.3, -0.25) is 4.79 Å². The third-order valence-electron chi connectivity index (χ3n) is 4.90. The molecule has 2 heterocycles. The molecule has 0 aliphatic carbocycles. The Hall–Kier alpha value is -3.49. The summed E-state index contributed by atoms with van der Waals surface area (Å²) in [5.41, 5.74) is 3.32. The zero-order chi connectivity index (χ0) is 22.7. The van der Waals surface area contributed by atoms with Crippen LogP contribution in [0.25, 0.3) is 21.0 Å².